The summed E-state index contributed by atoms with van der Waals surface area (Å²) >= 11 is 0. The Bertz CT molecular complexity index is 1240. The number of aryl methyl sites for hydroxylation is 1. The molecule has 0 saturated carbocycles. The van der Waals surface area contributed by atoms with E-state index < -0.39 is 0 Å². The Morgan fingerprint density at radius 2 is 1.20 bits per heavy atom. The van der Waals surface area contributed by atoms with Crippen molar-refractivity contribution in [2.24, 2.45) is 0 Å². The summed E-state index contributed by atoms with van der Waals surface area (Å²) in [5, 5.41) is 0. The van der Waals surface area contributed by atoms with Crippen LogP contribution in [0.4, 0.5) is 22.7 Å². The first-order chi connectivity index (χ1) is 14.7. The van der Waals surface area contributed by atoms with Crippen molar-refractivity contribution in [2.75, 3.05) is 16.8 Å². The Morgan fingerprint density at radius 3 is 1.90 bits per heavy atom. The minimum absolute atomic E-state index is 0.0286. The lowest BCUT2D eigenvalue weighted by Gasteiger charge is -2.44. The third-order valence-electron chi connectivity index (χ3n) is 6.23. The second-order valence-electron chi connectivity index (χ2n) is 7.94. The standard InChI is InChI=1S/C26H21BN2O/c1-18-10-9-15-23-26(18)29(22-14-6-5-13-21(22)28(23)2)27-19-11-3-7-16-24(19)30-25-17-8-4-12-20(25)27/h3-17H,1-2H3. The molecular weight excluding hydrogens is 367 g/mol. The van der Waals surface area contributed by atoms with Gasteiger partial charge < -0.3 is 14.4 Å². The normalized spacial score (nSPS) is 13.7. The predicted octanol–water partition coefficient (Wildman–Crippen LogP) is 5.13. The highest BCUT2D eigenvalue weighted by molar-refractivity contribution is 6.91. The number of anilines is 4. The third-order valence-corrected chi connectivity index (χ3v) is 6.23. The molecule has 0 saturated heterocycles. The number of hydrogen-bond acceptors (Lipinski definition) is 3. The van der Waals surface area contributed by atoms with E-state index in [9.17, 15) is 0 Å². The maximum absolute atomic E-state index is 6.29. The predicted molar refractivity (Wildman–Crippen MR) is 126 cm³/mol. The lowest BCUT2D eigenvalue weighted by atomic mass is 9.47. The van der Waals surface area contributed by atoms with Crippen LogP contribution in [0, 0.1) is 6.92 Å². The zero-order valence-electron chi connectivity index (χ0n) is 17.0. The Balaban J connectivity index is 1.69. The van der Waals surface area contributed by atoms with Crippen LogP contribution in [-0.2, 0) is 0 Å². The van der Waals surface area contributed by atoms with Gasteiger partial charge in [0.2, 0.25) is 0 Å². The lowest BCUT2D eigenvalue weighted by molar-refractivity contribution is 0.487. The van der Waals surface area contributed by atoms with Crippen LogP contribution in [0.3, 0.4) is 0 Å². The number of ether oxygens (including phenoxy) is 1. The number of benzene rings is 4. The number of rotatable bonds is 1. The molecule has 6 rings (SSSR count). The summed E-state index contributed by atoms with van der Waals surface area (Å²) in [7, 11) is 2.15. The smallest absolute Gasteiger partial charge is 0.335 e. The van der Waals surface area contributed by atoms with Gasteiger partial charge in [-0.25, -0.2) is 0 Å². The highest BCUT2D eigenvalue weighted by Gasteiger charge is 2.41. The number of nitrogens with zero attached hydrogens (tertiary/aromatic N) is 2. The quantitative estimate of drug-likeness (QED) is 0.421. The van der Waals surface area contributed by atoms with Gasteiger partial charge in [0.05, 0.1) is 22.7 Å². The average Bonchev–Trinajstić information content (AvgIpc) is 2.79. The average molecular weight is 388 g/mol. The summed E-state index contributed by atoms with van der Waals surface area (Å²) < 4.78 is 6.29. The van der Waals surface area contributed by atoms with Crippen molar-refractivity contribution in [1.82, 2.24) is 0 Å². The number of fused-ring (bicyclic) bond motifs is 4. The maximum atomic E-state index is 6.29. The number of para-hydroxylation sites is 5. The molecule has 30 heavy (non-hydrogen) atoms. The summed E-state index contributed by atoms with van der Waals surface area (Å²) in [5.74, 6) is 1.85. The fraction of sp³-hybridized carbons (Fsp3) is 0.0769. The van der Waals surface area contributed by atoms with Crippen LogP contribution in [0.25, 0.3) is 0 Å². The van der Waals surface area contributed by atoms with Gasteiger partial charge in [-0.2, -0.15) is 0 Å². The summed E-state index contributed by atoms with van der Waals surface area (Å²) in [4.78, 5) is 4.80. The van der Waals surface area contributed by atoms with Gasteiger partial charge in [-0.3, -0.25) is 0 Å². The Labute approximate surface area is 177 Å². The van der Waals surface area contributed by atoms with E-state index >= 15 is 0 Å². The second-order valence-corrected chi connectivity index (χ2v) is 7.94. The van der Waals surface area contributed by atoms with E-state index in [0.29, 0.717) is 0 Å². The van der Waals surface area contributed by atoms with Crippen molar-refractivity contribution in [2.45, 2.75) is 6.92 Å². The Hall–Kier alpha value is -3.66. The number of hydrogen-bond donors (Lipinski definition) is 0. The van der Waals surface area contributed by atoms with Crippen molar-refractivity contribution >= 4 is 40.5 Å². The Morgan fingerprint density at radius 1 is 0.633 bits per heavy atom. The molecule has 0 atom stereocenters. The van der Waals surface area contributed by atoms with E-state index in [0.717, 1.165) is 11.5 Å². The van der Waals surface area contributed by atoms with E-state index in [2.05, 4.69) is 103 Å². The second kappa shape index (κ2) is 6.43. The van der Waals surface area contributed by atoms with Crippen LogP contribution in [0.2, 0.25) is 0 Å². The molecule has 0 spiro atoms. The van der Waals surface area contributed by atoms with Gasteiger partial charge in [-0.15, -0.1) is 0 Å². The molecule has 0 aliphatic carbocycles. The summed E-state index contributed by atoms with van der Waals surface area (Å²) in [6, 6.07) is 32.0. The fourth-order valence-corrected chi connectivity index (χ4v) is 4.86. The molecule has 2 aliphatic rings. The minimum Gasteiger partial charge on any atom is -0.458 e. The molecule has 0 unspecified atom stereocenters. The molecular formula is C26H21BN2O. The molecule has 4 aromatic carbocycles. The maximum Gasteiger partial charge on any atom is 0.335 e. The largest absolute Gasteiger partial charge is 0.458 e. The van der Waals surface area contributed by atoms with Crippen LogP contribution in [0.15, 0.2) is 91.0 Å². The van der Waals surface area contributed by atoms with Crippen molar-refractivity contribution in [3.63, 3.8) is 0 Å². The minimum atomic E-state index is 0.0286. The third kappa shape index (κ3) is 2.34. The van der Waals surface area contributed by atoms with Gasteiger partial charge in [0.1, 0.15) is 11.5 Å². The van der Waals surface area contributed by atoms with Crippen LogP contribution in [0.1, 0.15) is 5.56 Å². The molecule has 4 heteroatoms. The van der Waals surface area contributed by atoms with Crippen molar-refractivity contribution < 1.29 is 4.74 Å². The molecule has 0 radical (unpaired) electrons. The zero-order chi connectivity index (χ0) is 20.2. The molecule has 0 bridgehead atoms. The van der Waals surface area contributed by atoms with Gasteiger partial charge in [0, 0.05) is 7.05 Å². The first-order valence-electron chi connectivity index (χ1n) is 10.3. The molecule has 0 aromatic heterocycles. The van der Waals surface area contributed by atoms with E-state index in [1.54, 1.807) is 0 Å². The van der Waals surface area contributed by atoms with Crippen molar-refractivity contribution in [1.29, 1.82) is 0 Å². The van der Waals surface area contributed by atoms with Gasteiger partial charge >= 0.3 is 6.85 Å². The topological polar surface area (TPSA) is 15.7 Å². The highest BCUT2D eigenvalue weighted by Crippen LogP contribution is 2.49. The molecule has 144 valence electrons. The fourth-order valence-electron chi connectivity index (χ4n) is 4.86. The van der Waals surface area contributed by atoms with E-state index in [1.807, 2.05) is 12.1 Å². The van der Waals surface area contributed by atoms with Crippen LogP contribution < -0.4 is 25.4 Å². The molecule has 0 N–H and O–H groups in total. The summed E-state index contributed by atoms with van der Waals surface area (Å²) in [5.41, 5.74) is 8.51. The first kappa shape index (κ1) is 17.2. The molecule has 0 amide bonds. The highest BCUT2D eigenvalue weighted by atomic mass is 16.5. The van der Waals surface area contributed by atoms with Gasteiger partial charge in [-0.05, 0) is 53.7 Å². The van der Waals surface area contributed by atoms with Crippen LogP contribution in [0.5, 0.6) is 11.5 Å². The summed E-state index contributed by atoms with van der Waals surface area (Å²) in [6.07, 6.45) is 0. The molecule has 3 nitrogen and oxygen atoms in total. The van der Waals surface area contributed by atoms with Gasteiger partial charge in [0.25, 0.3) is 0 Å². The molecule has 2 heterocycles. The van der Waals surface area contributed by atoms with Gasteiger partial charge in [0.15, 0.2) is 0 Å². The van der Waals surface area contributed by atoms with Crippen molar-refractivity contribution in [3.05, 3.63) is 96.6 Å². The van der Waals surface area contributed by atoms with Gasteiger partial charge in [-0.1, -0.05) is 60.7 Å². The van der Waals surface area contributed by atoms with E-state index in [4.69, 9.17) is 4.74 Å². The lowest BCUT2D eigenvalue weighted by Crippen LogP contribution is -2.58. The van der Waals surface area contributed by atoms with E-state index in [1.165, 1.54) is 39.2 Å². The Kier molecular flexibility index (Phi) is 3.69. The van der Waals surface area contributed by atoms with E-state index in [-0.39, 0.29) is 6.85 Å². The molecule has 2 aliphatic heterocycles. The van der Waals surface area contributed by atoms with Crippen LogP contribution >= 0.6 is 0 Å². The van der Waals surface area contributed by atoms with Crippen LogP contribution in [-0.4, -0.2) is 13.9 Å². The summed E-state index contributed by atoms with van der Waals surface area (Å²) in [6.45, 7) is 2.23. The monoisotopic (exact) mass is 388 g/mol. The van der Waals surface area contributed by atoms with Crippen molar-refractivity contribution in [3.8, 4) is 11.5 Å². The first-order valence-corrected chi connectivity index (χ1v) is 10.3. The SMILES string of the molecule is Cc1cccc2c1N(B1c3ccccc3Oc3ccccc31)c1ccccc1N2C. The molecule has 4 aromatic rings. The zero-order valence-corrected chi connectivity index (χ0v) is 17.0. The molecule has 0 fully saturated rings.